The monoisotopic (exact) mass is 427 g/mol. The second-order valence-corrected chi connectivity index (χ2v) is 8.76. The van der Waals surface area contributed by atoms with Crippen LogP contribution < -0.4 is 21.5 Å². The standard InChI is InChI=1S/C23H29N3O3S/c1-14-9-18(27)10-15(2)19(14)11-17(26(3)4)12-25-21-20(22(28)23(21)29)24-7-5-16-6-8-30-13-16/h6,8-10,13,17,24-25,27H,5,7,11-12H2,1-4H3/t17-/m1/s1. The van der Waals surface area contributed by atoms with E-state index in [1.54, 1.807) is 23.5 Å². The van der Waals surface area contributed by atoms with Crippen LogP contribution >= 0.6 is 11.3 Å². The Morgan fingerprint density at radius 1 is 1.07 bits per heavy atom. The smallest absolute Gasteiger partial charge is 0.253 e. The van der Waals surface area contributed by atoms with Crippen molar-refractivity contribution in [3.8, 4) is 5.75 Å². The number of benzene rings is 1. The Kier molecular flexibility index (Phi) is 6.95. The molecule has 3 N–H and O–H groups in total. The Morgan fingerprint density at radius 2 is 1.70 bits per heavy atom. The molecule has 7 heteroatoms. The highest BCUT2D eigenvalue weighted by atomic mass is 32.1. The molecule has 0 saturated carbocycles. The van der Waals surface area contributed by atoms with Crippen LogP contribution in [0, 0.1) is 13.8 Å². The van der Waals surface area contributed by atoms with Crippen molar-refractivity contribution in [3.63, 3.8) is 0 Å². The summed E-state index contributed by atoms with van der Waals surface area (Å²) in [5.41, 5.74) is 4.37. The fraction of sp³-hybridized carbons (Fsp3) is 0.391. The van der Waals surface area contributed by atoms with Crippen molar-refractivity contribution in [3.05, 3.63) is 71.7 Å². The molecule has 1 aromatic heterocycles. The molecular weight excluding hydrogens is 398 g/mol. The van der Waals surface area contributed by atoms with Crippen molar-refractivity contribution < 1.29 is 5.11 Å². The third-order valence-corrected chi connectivity index (χ3v) is 6.30. The molecule has 0 unspecified atom stereocenters. The minimum Gasteiger partial charge on any atom is -0.508 e. The van der Waals surface area contributed by atoms with Gasteiger partial charge in [0.1, 0.15) is 17.1 Å². The van der Waals surface area contributed by atoms with Crippen molar-refractivity contribution in [2.75, 3.05) is 37.8 Å². The average Bonchev–Trinajstić information content (AvgIpc) is 3.20. The summed E-state index contributed by atoms with van der Waals surface area (Å²) in [6, 6.07) is 5.72. The molecule has 0 spiro atoms. The second-order valence-electron chi connectivity index (χ2n) is 7.98. The zero-order valence-electron chi connectivity index (χ0n) is 17.9. The SMILES string of the molecule is Cc1cc(O)cc(C)c1C[C@H](CNc1c(NCCc2ccsc2)c(=O)c1=O)N(C)C. The molecule has 0 aliphatic heterocycles. The number of phenolic OH excluding ortho intramolecular Hbond substituents is 1. The molecule has 2 aromatic carbocycles. The third-order valence-electron chi connectivity index (χ3n) is 5.57. The number of aryl methyl sites for hydroxylation is 2. The van der Waals surface area contributed by atoms with Crippen LogP contribution in [0.15, 0.2) is 38.5 Å². The quantitative estimate of drug-likeness (QED) is 0.432. The number of phenols is 1. The van der Waals surface area contributed by atoms with E-state index in [1.807, 2.05) is 33.3 Å². The van der Waals surface area contributed by atoms with Gasteiger partial charge in [0, 0.05) is 19.1 Å². The lowest BCUT2D eigenvalue weighted by atomic mass is 9.95. The van der Waals surface area contributed by atoms with Gasteiger partial charge in [-0.3, -0.25) is 9.59 Å². The maximum absolute atomic E-state index is 12.1. The molecule has 0 aliphatic rings. The first-order valence-electron chi connectivity index (χ1n) is 10.1. The van der Waals surface area contributed by atoms with Gasteiger partial charge >= 0.3 is 0 Å². The summed E-state index contributed by atoms with van der Waals surface area (Å²) < 4.78 is 0. The van der Waals surface area contributed by atoms with Gasteiger partial charge in [-0.05, 0) is 92.0 Å². The van der Waals surface area contributed by atoms with Crippen LogP contribution in [0.3, 0.4) is 0 Å². The fourth-order valence-electron chi connectivity index (χ4n) is 3.68. The summed E-state index contributed by atoms with van der Waals surface area (Å²) in [7, 11) is 4.00. The maximum Gasteiger partial charge on any atom is 0.253 e. The van der Waals surface area contributed by atoms with Gasteiger partial charge in [-0.15, -0.1) is 0 Å². The van der Waals surface area contributed by atoms with E-state index in [1.165, 1.54) is 11.1 Å². The van der Waals surface area contributed by atoms with Gasteiger partial charge in [-0.1, -0.05) is 0 Å². The summed E-state index contributed by atoms with van der Waals surface area (Å²) >= 11 is 1.65. The average molecular weight is 428 g/mol. The van der Waals surface area contributed by atoms with Crippen LogP contribution in [-0.2, 0) is 12.8 Å². The predicted octanol–water partition coefficient (Wildman–Crippen LogP) is 2.91. The highest BCUT2D eigenvalue weighted by Gasteiger charge is 2.22. The van der Waals surface area contributed by atoms with Gasteiger partial charge in [0.15, 0.2) is 0 Å². The van der Waals surface area contributed by atoms with E-state index in [4.69, 9.17) is 0 Å². The molecule has 0 fully saturated rings. The van der Waals surface area contributed by atoms with E-state index >= 15 is 0 Å². The summed E-state index contributed by atoms with van der Waals surface area (Å²) in [4.78, 5) is 26.2. The third kappa shape index (κ3) is 4.91. The van der Waals surface area contributed by atoms with Crippen LogP contribution in [0.4, 0.5) is 11.4 Å². The largest absolute Gasteiger partial charge is 0.508 e. The first kappa shape index (κ1) is 22.1. The minimum atomic E-state index is -0.456. The van der Waals surface area contributed by atoms with Crippen molar-refractivity contribution in [1.82, 2.24) is 4.90 Å². The first-order chi connectivity index (χ1) is 14.3. The highest BCUT2D eigenvalue weighted by molar-refractivity contribution is 7.07. The Balaban J connectivity index is 1.65. The van der Waals surface area contributed by atoms with E-state index < -0.39 is 10.9 Å². The number of anilines is 2. The Bertz CT molecular complexity index is 1040. The van der Waals surface area contributed by atoms with Gasteiger partial charge in [-0.25, -0.2) is 0 Å². The number of thiophene rings is 1. The molecule has 0 aliphatic carbocycles. The predicted molar refractivity (Wildman–Crippen MR) is 125 cm³/mol. The van der Waals surface area contributed by atoms with E-state index in [2.05, 4.69) is 27.0 Å². The summed E-state index contributed by atoms with van der Waals surface area (Å²) in [5.74, 6) is 0.273. The van der Waals surface area contributed by atoms with Crippen LogP contribution in [0.2, 0.25) is 0 Å². The number of nitrogens with zero attached hydrogens (tertiary/aromatic N) is 1. The lowest BCUT2D eigenvalue weighted by molar-refractivity contribution is 0.302. The maximum atomic E-state index is 12.1. The number of hydrogen-bond donors (Lipinski definition) is 3. The number of hydrogen-bond acceptors (Lipinski definition) is 7. The molecular formula is C23H29N3O3S. The van der Waals surface area contributed by atoms with Gasteiger partial charge < -0.3 is 20.6 Å². The van der Waals surface area contributed by atoms with Crippen molar-refractivity contribution in [2.45, 2.75) is 32.7 Å². The van der Waals surface area contributed by atoms with Gasteiger partial charge in [-0.2, -0.15) is 11.3 Å². The molecule has 3 rings (SSSR count). The molecule has 0 radical (unpaired) electrons. The van der Waals surface area contributed by atoms with E-state index in [-0.39, 0.29) is 11.8 Å². The van der Waals surface area contributed by atoms with Crippen molar-refractivity contribution in [1.29, 1.82) is 0 Å². The Hall–Kier alpha value is -2.64. The van der Waals surface area contributed by atoms with E-state index in [0.717, 1.165) is 24.0 Å². The number of likely N-dealkylation sites (N-methyl/N-ethyl adjacent to an activating group) is 1. The van der Waals surface area contributed by atoms with Crippen molar-refractivity contribution in [2.24, 2.45) is 0 Å². The number of nitrogens with one attached hydrogen (secondary N) is 2. The van der Waals surface area contributed by atoms with Crippen molar-refractivity contribution >= 4 is 22.7 Å². The molecule has 1 atom stereocenters. The van der Waals surface area contributed by atoms with Gasteiger partial charge in [0.25, 0.3) is 10.9 Å². The molecule has 1 heterocycles. The lowest BCUT2D eigenvalue weighted by Gasteiger charge is -2.27. The van der Waals surface area contributed by atoms with E-state index in [9.17, 15) is 14.7 Å². The summed E-state index contributed by atoms with van der Waals surface area (Å²) in [6.45, 7) is 5.14. The highest BCUT2D eigenvalue weighted by Crippen LogP contribution is 2.23. The molecule has 6 nitrogen and oxygen atoms in total. The summed E-state index contributed by atoms with van der Waals surface area (Å²) in [5, 5.41) is 20.2. The molecule has 0 saturated heterocycles. The molecule has 30 heavy (non-hydrogen) atoms. The van der Waals surface area contributed by atoms with Crippen LogP contribution in [0.25, 0.3) is 0 Å². The first-order valence-corrected chi connectivity index (χ1v) is 11.0. The molecule has 160 valence electrons. The number of aromatic hydroxyl groups is 1. The minimum absolute atomic E-state index is 0.120. The number of rotatable bonds is 10. The van der Waals surface area contributed by atoms with Gasteiger partial charge in [0.2, 0.25) is 0 Å². The fourth-order valence-corrected chi connectivity index (χ4v) is 4.38. The summed E-state index contributed by atoms with van der Waals surface area (Å²) in [6.07, 6.45) is 1.58. The van der Waals surface area contributed by atoms with Crippen LogP contribution in [-0.4, -0.2) is 43.2 Å². The zero-order chi connectivity index (χ0) is 21.8. The Morgan fingerprint density at radius 3 is 2.27 bits per heavy atom. The normalized spacial score (nSPS) is 12.4. The van der Waals surface area contributed by atoms with Crippen LogP contribution in [0.1, 0.15) is 22.3 Å². The molecule has 0 bridgehead atoms. The van der Waals surface area contributed by atoms with Crippen LogP contribution in [0.5, 0.6) is 5.75 Å². The second kappa shape index (κ2) is 9.45. The molecule has 0 amide bonds. The lowest BCUT2D eigenvalue weighted by Crippen LogP contribution is -2.42. The molecule has 3 aromatic rings. The topological polar surface area (TPSA) is 81.7 Å². The van der Waals surface area contributed by atoms with E-state index in [0.29, 0.717) is 24.5 Å². The van der Waals surface area contributed by atoms with Gasteiger partial charge in [0.05, 0.1) is 0 Å². The zero-order valence-corrected chi connectivity index (χ0v) is 18.7. The Labute approximate surface area is 180 Å².